The first-order valence-corrected chi connectivity index (χ1v) is 10.6. The van der Waals surface area contributed by atoms with Gasteiger partial charge in [0.1, 0.15) is 5.60 Å². The van der Waals surface area contributed by atoms with Crippen molar-refractivity contribution in [2.24, 2.45) is 0 Å². The molecule has 0 aliphatic rings. The summed E-state index contributed by atoms with van der Waals surface area (Å²) in [4.78, 5) is 35.8. The van der Waals surface area contributed by atoms with E-state index < -0.39 is 11.7 Å². The summed E-state index contributed by atoms with van der Waals surface area (Å²) in [7, 11) is 0. The lowest BCUT2D eigenvalue weighted by molar-refractivity contribution is -0.121. The van der Waals surface area contributed by atoms with Gasteiger partial charge in [0.2, 0.25) is 11.8 Å². The third-order valence-electron chi connectivity index (χ3n) is 4.02. The Morgan fingerprint density at radius 3 is 2.50 bits per heavy atom. The molecule has 3 amide bonds. The number of anilines is 1. The van der Waals surface area contributed by atoms with Gasteiger partial charge in [0.25, 0.3) is 0 Å². The quantitative estimate of drug-likeness (QED) is 0.507. The van der Waals surface area contributed by atoms with Gasteiger partial charge in [-0.25, -0.2) is 4.79 Å². The van der Waals surface area contributed by atoms with Crippen LogP contribution in [0.4, 0.5) is 10.5 Å². The van der Waals surface area contributed by atoms with Crippen molar-refractivity contribution in [1.29, 1.82) is 0 Å². The van der Waals surface area contributed by atoms with Crippen molar-refractivity contribution < 1.29 is 19.1 Å². The highest BCUT2D eigenvalue weighted by atomic mass is 35.5. The molecule has 2 aromatic carbocycles. The van der Waals surface area contributed by atoms with E-state index in [1.54, 1.807) is 51.1 Å². The monoisotopic (exact) mass is 457 g/mol. The van der Waals surface area contributed by atoms with Crippen molar-refractivity contribution in [3.05, 3.63) is 70.8 Å². The zero-order valence-electron chi connectivity index (χ0n) is 18.4. The van der Waals surface area contributed by atoms with Gasteiger partial charge in [0.05, 0.1) is 0 Å². The summed E-state index contributed by atoms with van der Waals surface area (Å²) < 4.78 is 5.11. The zero-order chi connectivity index (χ0) is 23.6. The number of hydrogen-bond donors (Lipinski definition) is 3. The Morgan fingerprint density at radius 1 is 1.03 bits per heavy atom. The Labute approximate surface area is 193 Å². The van der Waals surface area contributed by atoms with Gasteiger partial charge in [-0.2, -0.15) is 0 Å². The van der Waals surface area contributed by atoms with Crippen LogP contribution >= 0.6 is 11.6 Å². The van der Waals surface area contributed by atoms with Crippen LogP contribution in [-0.4, -0.2) is 30.1 Å². The van der Waals surface area contributed by atoms with Crippen molar-refractivity contribution >= 4 is 41.3 Å². The molecule has 32 heavy (non-hydrogen) atoms. The second-order valence-corrected chi connectivity index (χ2v) is 8.41. The first-order chi connectivity index (χ1) is 15.1. The standard InChI is InChI=1S/C24H28ClN3O4/c1-24(2,3)32-23(31)26-14-13-21(29)27-16-17-7-6-9-19(15-17)28-22(30)12-11-18-8-4-5-10-20(18)25/h4-12,15H,13-14,16H2,1-3H3,(H,26,31)(H,27,29)(H,28,30)/b12-11+. The molecule has 3 N–H and O–H groups in total. The molecule has 0 unspecified atom stereocenters. The molecule has 0 saturated carbocycles. The average molecular weight is 458 g/mol. The fraction of sp³-hybridized carbons (Fsp3) is 0.292. The smallest absolute Gasteiger partial charge is 0.407 e. The minimum atomic E-state index is -0.586. The van der Waals surface area contributed by atoms with Crippen LogP contribution in [0.15, 0.2) is 54.6 Å². The van der Waals surface area contributed by atoms with E-state index in [1.165, 1.54) is 6.08 Å². The van der Waals surface area contributed by atoms with Gasteiger partial charge in [-0.15, -0.1) is 0 Å². The highest BCUT2D eigenvalue weighted by Crippen LogP contribution is 2.16. The van der Waals surface area contributed by atoms with Gasteiger partial charge in [0.15, 0.2) is 0 Å². The maximum absolute atomic E-state index is 12.2. The van der Waals surface area contributed by atoms with Crippen molar-refractivity contribution in [1.82, 2.24) is 10.6 Å². The van der Waals surface area contributed by atoms with E-state index >= 15 is 0 Å². The molecule has 7 nitrogen and oxygen atoms in total. The van der Waals surface area contributed by atoms with E-state index in [0.717, 1.165) is 11.1 Å². The molecule has 0 atom stereocenters. The fourth-order valence-corrected chi connectivity index (χ4v) is 2.80. The summed E-state index contributed by atoms with van der Waals surface area (Å²) in [6.07, 6.45) is 2.63. The van der Waals surface area contributed by atoms with Gasteiger partial charge >= 0.3 is 6.09 Å². The number of carbonyl (C=O) groups is 3. The molecular formula is C24H28ClN3O4. The van der Waals surface area contributed by atoms with E-state index in [4.69, 9.17) is 16.3 Å². The number of nitrogens with one attached hydrogen (secondary N) is 3. The van der Waals surface area contributed by atoms with Crippen molar-refractivity contribution in [2.45, 2.75) is 39.3 Å². The van der Waals surface area contributed by atoms with Crippen molar-refractivity contribution in [3.63, 3.8) is 0 Å². The Kier molecular flexibility index (Phi) is 9.28. The lowest BCUT2D eigenvalue weighted by atomic mass is 10.2. The molecule has 170 valence electrons. The molecule has 0 heterocycles. The Hall–Kier alpha value is -3.32. The summed E-state index contributed by atoms with van der Waals surface area (Å²) in [5, 5.41) is 8.67. The first-order valence-electron chi connectivity index (χ1n) is 10.2. The van der Waals surface area contributed by atoms with Crippen LogP contribution in [0, 0.1) is 0 Å². The predicted molar refractivity (Wildman–Crippen MR) is 126 cm³/mol. The van der Waals surface area contributed by atoms with Gasteiger partial charge < -0.3 is 20.7 Å². The maximum atomic E-state index is 12.2. The van der Waals surface area contributed by atoms with Crippen LogP contribution in [0.3, 0.4) is 0 Å². The summed E-state index contributed by atoms with van der Waals surface area (Å²) in [5.74, 6) is -0.502. The number of halogens is 1. The predicted octanol–water partition coefficient (Wildman–Crippen LogP) is 4.52. The Balaban J connectivity index is 1.77. The highest BCUT2D eigenvalue weighted by Gasteiger charge is 2.15. The van der Waals surface area contributed by atoms with Crippen LogP contribution in [0.1, 0.15) is 38.3 Å². The number of benzene rings is 2. The number of amides is 3. The van der Waals surface area contributed by atoms with Crippen LogP contribution in [0.25, 0.3) is 6.08 Å². The van der Waals surface area contributed by atoms with Crippen LogP contribution < -0.4 is 16.0 Å². The summed E-state index contributed by atoms with van der Waals surface area (Å²) in [6.45, 7) is 5.78. The number of ether oxygens (including phenoxy) is 1. The van der Waals surface area contributed by atoms with Gasteiger partial charge in [0, 0.05) is 36.3 Å². The fourth-order valence-electron chi connectivity index (χ4n) is 2.60. The Morgan fingerprint density at radius 2 is 1.78 bits per heavy atom. The van der Waals surface area contributed by atoms with Crippen LogP contribution in [0.2, 0.25) is 5.02 Å². The molecular weight excluding hydrogens is 430 g/mol. The second-order valence-electron chi connectivity index (χ2n) is 8.00. The third kappa shape index (κ3) is 9.66. The lowest BCUT2D eigenvalue weighted by Crippen LogP contribution is -2.35. The largest absolute Gasteiger partial charge is 0.444 e. The molecule has 2 rings (SSSR count). The molecule has 0 bridgehead atoms. The highest BCUT2D eigenvalue weighted by molar-refractivity contribution is 6.32. The molecule has 0 spiro atoms. The van der Waals surface area contributed by atoms with E-state index in [-0.39, 0.29) is 24.8 Å². The SMILES string of the molecule is CC(C)(C)OC(=O)NCCC(=O)NCc1cccc(NC(=O)/C=C/c2ccccc2Cl)c1. The molecule has 8 heteroatoms. The third-order valence-corrected chi connectivity index (χ3v) is 4.37. The second kappa shape index (κ2) is 11.9. The number of rotatable bonds is 8. The summed E-state index contributed by atoms with van der Waals surface area (Å²) in [5.41, 5.74) is 1.60. The van der Waals surface area contributed by atoms with E-state index in [1.807, 2.05) is 24.3 Å². The number of hydrogen-bond acceptors (Lipinski definition) is 4. The summed E-state index contributed by atoms with van der Waals surface area (Å²) in [6, 6.07) is 14.4. The van der Waals surface area contributed by atoms with Gasteiger partial charge in [-0.3, -0.25) is 9.59 Å². The number of alkyl carbamates (subject to hydrolysis) is 1. The van der Waals surface area contributed by atoms with Crippen LogP contribution in [-0.2, 0) is 20.9 Å². The molecule has 0 saturated heterocycles. The number of carbonyl (C=O) groups excluding carboxylic acids is 3. The van der Waals surface area contributed by atoms with Crippen molar-refractivity contribution in [3.8, 4) is 0 Å². The summed E-state index contributed by atoms with van der Waals surface area (Å²) >= 11 is 6.08. The lowest BCUT2D eigenvalue weighted by Gasteiger charge is -2.19. The molecule has 0 aliphatic heterocycles. The van der Waals surface area contributed by atoms with Crippen molar-refractivity contribution in [2.75, 3.05) is 11.9 Å². The molecule has 0 aromatic heterocycles. The topological polar surface area (TPSA) is 96.5 Å². The minimum Gasteiger partial charge on any atom is -0.444 e. The zero-order valence-corrected chi connectivity index (χ0v) is 19.2. The first kappa shape index (κ1) is 24.9. The molecule has 2 aromatic rings. The Bertz CT molecular complexity index is 983. The van der Waals surface area contributed by atoms with Crippen LogP contribution in [0.5, 0.6) is 0 Å². The molecule has 0 radical (unpaired) electrons. The average Bonchev–Trinajstić information content (AvgIpc) is 2.70. The maximum Gasteiger partial charge on any atom is 0.407 e. The van der Waals surface area contributed by atoms with E-state index in [0.29, 0.717) is 17.3 Å². The van der Waals surface area contributed by atoms with E-state index in [9.17, 15) is 14.4 Å². The van der Waals surface area contributed by atoms with E-state index in [2.05, 4.69) is 16.0 Å². The van der Waals surface area contributed by atoms with Gasteiger partial charge in [-0.1, -0.05) is 41.9 Å². The molecule has 0 aliphatic carbocycles. The molecule has 0 fully saturated rings. The minimum absolute atomic E-state index is 0.127. The van der Waals surface area contributed by atoms with Gasteiger partial charge in [-0.05, 0) is 56.2 Å². The normalized spacial score (nSPS) is 11.1.